The Kier molecular flexibility index (Phi) is 7.38. The van der Waals surface area contributed by atoms with Crippen molar-refractivity contribution in [1.82, 2.24) is 19.9 Å². The monoisotopic (exact) mass is 616 g/mol. The van der Waals surface area contributed by atoms with Gasteiger partial charge in [0.15, 0.2) is 17.5 Å². The molecule has 2 heterocycles. The van der Waals surface area contributed by atoms with E-state index in [1.807, 2.05) is 48.7 Å². The number of nitrogens with zero attached hydrogens (tertiary/aromatic N) is 4. The van der Waals surface area contributed by atoms with E-state index in [0.717, 1.165) is 43.4 Å². The van der Waals surface area contributed by atoms with Gasteiger partial charge in [0.25, 0.3) is 0 Å². The number of hydrogen-bond donors (Lipinski definition) is 0. The number of hydrogen-bond acceptors (Lipinski definition) is 4. The first-order valence-electron chi connectivity index (χ1n) is 14.0. The van der Waals surface area contributed by atoms with E-state index in [1.54, 1.807) is 6.20 Å². The Bertz CT molecular complexity index is 2010. The van der Waals surface area contributed by atoms with Crippen LogP contribution in [0.2, 0.25) is 0 Å². The van der Waals surface area contributed by atoms with Crippen LogP contribution < -0.4 is 0 Å². The molecule has 204 valence electrons. The van der Waals surface area contributed by atoms with E-state index in [9.17, 15) is 0 Å². The zero-order chi connectivity index (χ0) is 29.0. The van der Waals surface area contributed by atoms with E-state index in [0.29, 0.717) is 17.5 Å². The quantitative estimate of drug-likeness (QED) is 0.186. The first kappa shape index (κ1) is 26.6. The Morgan fingerprint density at radius 3 is 1.42 bits per heavy atom. The van der Waals surface area contributed by atoms with Crippen LogP contribution in [0.5, 0.6) is 0 Å². The highest BCUT2D eigenvalue weighted by Gasteiger charge is 2.13. The Hall–Kier alpha value is -5.26. The predicted octanol–water partition coefficient (Wildman–Crippen LogP) is 10.0. The molecule has 5 heteroatoms. The van der Waals surface area contributed by atoms with Crippen molar-refractivity contribution in [3.63, 3.8) is 0 Å². The zero-order valence-electron chi connectivity index (χ0n) is 23.1. The molecule has 0 saturated heterocycles. The molecule has 0 unspecified atom stereocenters. The molecule has 5 aromatic carbocycles. The number of benzene rings is 5. The van der Waals surface area contributed by atoms with Gasteiger partial charge in [-0.1, -0.05) is 131 Å². The van der Waals surface area contributed by atoms with E-state index < -0.39 is 0 Å². The fourth-order valence-electron chi connectivity index (χ4n) is 5.06. The SMILES string of the molecule is Brc1cccc(-c2ccc(-c3cccc(-c4nc(-c5ccccc5)nc(-c5ccc(-c6cccnc6)cc5)n4)c3)cc2)c1. The second-order valence-electron chi connectivity index (χ2n) is 10.2. The predicted molar refractivity (Wildman–Crippen MR) is 178 cm³/mol. The maximum atomic E-state index is 4.96. The lowest BCUT2D eigenvalue weighted by atomic mass is 9.99. The van der Waals surface area contributed by atoms with Crippen molar-refractivity contribution < 1.29 is 0 Å². The second-order valence-corrected chi connectivity index (χ2v) is 11.1. The molecule has 0 bridgehead atoms. The van der Waals surface area contributed by atoms with E-state index in [2.05, 4.69) is 118 Å². The highest BCUT2D eigenvalue weighted by atomic mass is 79.9. The standard InChI is InChI=1S/C38H25BrN4/c39-35-13-5-10-32(24-35)27-16-14-26(15-17-27)31-9-4-11-33(23-31)38-42-36(29-7-2-1-3-8-29)41-37(43-38)30-20-18-28(19-21-30)34-12-6-22-40-25-34/h1-25H. The molecule has 2 aromatic heterocycles. The molecule has 0 atom stereocenters. The maximum absolute atomic E-state index is 4.96. The van der Waals surface area contributed by atoms with Gasteiger partial charge in [0.1, 0.15) is 0 Å². The average molecular weight is 618 g/mol. The number of aromatic nitrogens is 4. The number of halogens is 1. The third kappa shape index (κ3) is 5.89. The Balaban J connectivity index is 1.26. The summed E-state index contributed by atoms with van der Waals surface area (Å²) < 4.78 is 1.07. The molecule has 0 spiro atoms. The largest absolute Gasteiger partial charge is 0.264 e. The van der Waals surface area contributed by atoms with Crippen molar-refractivity contribution in [2.75, 3.05) is 0 Å². The van der Waals surface area contributed by atoms with Gasteiger partial charge in [-0.2, -0.15) is 0 Å². The lowest BCUT2D eigenvalue weighted by molar-refractivity contribution is 1.07. The minimum Gasteiger partial charge on any atom is -0.264 e. The van der Waals surface area contributed by atoms with Crippen LogP contribution in [0.15, 0.2) is 156 Å². The molecular formula is C38H25BrN4. The highest BCUT2D eigenvalue weighted by molar-refractivity contribution is 9.10. The van der Waals surface area contributed by atoms with Gasteiger partial charge in [-0.25, -0.2) is 15.0 Å². The lowest BCUT2D eigenvalue weighted by Gasteiger charge is -2.10. The molecule has 0 saturated carbocycles. The van der Waals surface area contributed by atoms with Gasteiger partial charge in [0.2, 0.25) is 0 Å². The average Bonchev–Trinajstić information content (AvgIpc) is 3.09. The van der Waals surface area contributed by atoms with Crippen molar-refractivity contribution in [2.45, 2.75) is 0 Å². The van der Waals surface area contributed by atoms with Crippen LogP contribution in [0.4, 0.5) is 0 Å². The highest BCUT2D eigenvalue weighted by Crippen LogP contribution is 2.31. The van der Waals surface area contributed by atoms with Crippen molar-refractivity contribution in [3.05, 3.63) is 156 Å². The van der Waals surface area contributed by atoms with Gasteiger partial charge in [0.05, 0.1) is 0 Å². The summed E-state index contributed by atoms with van der Waals surface area (Å²) in [6.45, 7) is 0. The Labute approximate surface area is 259 Å². The molecule has 0 aliphatic rings. The minimum atomic E-state index is 0.630. The lowest BCUT2D eigenvalue weighted by Crippen LogP contribution is -2.00. The molecule has 0 fully saturated rings. The molecule has 4 nitrogen and oxygen atoms in total. The summed E-state index contributed by atoms with van der Waals surface area (Å²) in [5, 5.41) is 0. The second kappa shape index (κ2) is 11.9. The van der Waals surface area contributed by atoms with Gasteiger partial charge >= 0.3 is 0 Å². The summed E-state index contributed by atoms with van der Waals surface area (Å²) >= 11 is 3.57. The molecular weight excluding hydrogens is 592 g/mol. The summed E-state index contributed by atoms with van der Waals surface area (Å²) in [6, 6.07) is 47.7. The van der Waals surface area contributed by atoms with Crippen molar-refractivity contribution in [2.24, 2.45) is 0 Å². The van der Waals surface area contributed by atoms with Gasteiger partial charge in [-0.3, -0.25) is 4.98 Å². The van der Waals surface area contributed by atoms with E-state index in [-0.39, 0.29) is 0 Å². The van der Waals surface area contributed by atoms with Crippen LogP contribution in [0, 0.1) is 0 Å². The minimum absolute atomic E-state index is 0.630. The molecule has 43 heavy (non-hydrogen) atoms. The molecule has 0 aliphatic heterocycles. The summed E-state index contributed by atoms with van der Waals surface area (Å²) in [5.74, 6) is 1.90. The molecule has 0 radical (unpaired) electrons. The van der Waals surface area contributed by atoms with Gasteiger partial charge in [-0.05, 0) is 57.6 Å². The molecule has 0 N–H and O–H groups in total. The van der Waals surface area contributed by atoms with Crippen LogP contribution in [-0.4, -0.2) is 19.9 Å². The fraction of sp³-hybridized carbons (Fsp3) is 0. The summed E-state index contributed by atoms with van der Waals surface area (Å²) in [6.07, 6.45) is 3.65. The Morgan fingerprint density at radius 1 is 0.349 bits per heavy atom. The fourth-order valence-corrected chi connectivity index (χ4v) is 5.46. The molecule has 7 rings (SSSR count). The van der Waals surface area contributed by atoms with Crippen molar-refractivity contribution in [1.29, 1.82) is 0 Å². The molecule has 0 amide bonds. The van der Waals surface area contributed by atoms with Gasteiger partial charge in [-0.15, -0.1) is 0 Å². The third-order valence-corrected chi connectivity index (χ3v) is 7.80. The maximum Gasteiger partial charge on any atom is 0.164 e. The zero-order valence-corrected chi connectivity index (χ0v) is 24.7. The van der Waals surface area contributed by atoms with Crippen LogP contribution in [-0.2, 0) is 0 Å². The van der Waals surface area contributed by atoms with E-state index in [1.165, 1.54) is 11.1 Å². The first-order valence-corrected chi connectivity index (χ1v) is 14.8. The molecule has 7 aromatic rings. The summed E-state index contributed by atoms with van der Waals surface area (Å²) in [7, 11) is 0. The number of rotatable bonds is 6. The van der Waals surface area contributed by atoms with Crippen LogP contribution in [0.25, 0.3) is 67.5 Å². The van der Waals surface area contributed by atoms with Crippen molar-refractivity contribution >= 4 is 15.9 Å². The normalized spacial score (nSPS) is 10.9. The number of pyridine rings is 1. The van der Waals surface area contributed by atoms with E-state index >= 15 is 0 Å². The van der Waals surface area contributed by atoms with Crippen molar-refractivity contribution in [3.8, 4) is 67.5 Å². The molecule has 0 aliphatic carbocycles. The van der Waals surface area contributed by atoms with Gasteiger partial charge < -0.3 is 0 Å². The summed E-state index contributed by atoms with van der Waals surface area (Å²) in [5.41, 5.74) is 9.53. The van der Waals surface area contributed by atoms with Crippen LogP contribution in [0.1, 0.15) is 0 Å². The third-order valence-electron chi connectivity index (χ3n) is 7.30. The first-order chi connectivity index (χ1) is 21.2. The van der Waals surface area contributed by atoms with Gasteiger partial charge in [0, 0.05) is 33.6 Å². The topological polar surface area (TPSA) is 51.6 Å². The summed E-state index contributed by atoms with van der Waals surface area (Å²) in [4.78, 5) is 19.0. The van der Waals surface area contributed by atoms with Crippen LogP contribution >= 0.6 is 15.9 Å². The smallest absolute Gasteiger partial charge is 0.164 e. The van der Waals surface area contributed by atoms with E-state index in [4.69, 9.17) is 15.0 Å². The van der Waals surface area contributed by atoms with Crippen LogP contribution in [0.3, 0.4) is 0 Å². The Morgan fingerprint density at radius 2 is 0.814 bits per heavy atom.